The normalized spacial score (nSPS) is 12.5. The lowest BCUT2D eigenvalue weighted by Crippen LogP contribution is -2.47. The van der Waals surface area contributed by atoms with Gasteiger partial charge in [-0.2, -0.15) is 0 Å². The summed E-state index contributed by atoms with van der Waals surface area (Å²) >= 11 is 0. The minimum atomic E-state index is -1.44. The highest BCUT2D eigenvalue weighted by Crippen LogP contribution is 1.86. The quantitative estimate of drug-likeness (QED) is 0.442. The minimum absolute atomic E-state index is 0.571. The molecule has 0 aromatic carbocycles. The fourth-order valence-electron chi connectivity index (χ4n) is 0.470. The van der Waals surface area contributed by atoms with E-state index in [0.29, 0.717) is 0 Å². The Morgan fingerprint density at radius 2 is 2.00 bits per heavy atom. The average molecular weight is 145 g/mol. The Hall–Kier alpha value is -1.10. The van der Waals surface area contributed by atoms with Crippen molar-refractivity contribution in [1.29, 1.82) is 0 Å². The van der Waals surface area contributed by atoms with Gasteiger partial charge in [-0.1, -0.05) is 0 Å². The number of hydrogen-bond acceptors (Lipinski definition) is 5. The third kappa shape index (κ3) is 3.03. The second-order valence-corrected chi connectivity index (χ2v) is 1.74. The Morgan fingerprint density at radius 1 is 1.50 bits per heavy atom. The number of carboxylic acids is 2. The molecule has 0 bridgehead atoms. The van der Waals surface area contributed by atoms with E-state index in [0.717, 1.165) is 0 Å². The number of carbonyl (C=O) groups is 2. The monoisotopic (exact) mass is 145 g/mol. The number of rotatable bonds is 4. The molecule has 0 aliphatic rings. The summed E-state index contributed by atoms with van der Waals surface area (Å²) in [5, 5.41) is 22.1. The lowest BCUT2D eigenvalue weighted by atomic mass is 10.2. The number of aliphatic carboxylic acids is 2. The summed E-state index contributed by atoms with van der Waals surface area (Å²) in [5.74, 6) is -2.85. The SMILES string of the molecule is CN[C@H](CC(=O)[O-])C(=O)[O-]. The molecule has 0 radical (unpaired) electrons. The van der Waals surface area contributed by atoms with Crippen LogP contribution < -0.4 is 15.5 Å². The topological polar surface area (TPSA) is 92.3 Å². The maximum Gasteiger partial charge on any atom is 0.0588 e. The fraction of sp³-hybridized carbons (Fsp3) is 0.600. The van der Waals surface area contributed by atoms with Crippen molar-refractivity contribution in [1.82, 2.24) is 5.32 Å². The molecule has 0 aliphatic heterocycles. The third-order valence-electron chi connectivity index (χ3n) is 1.00. The van der Waals surface area contributed by atoms with Gasteiger partial charge in [-0.05, 0) is 7.05 Å². The van der Waals surface area contributed by atoms with Gasteiger partial charge in [-0.15, -0.1) is 0 Å². The van der Waals surface area contributed by atoms with Crippen molar-refractivity contribution >= 4 is 11.9 Å². The summed E-state index contributed by atoms with van der Waals surface area (Å²) < 4.78 is 0. The van der Waals surface area contributed by atoms with Crippen LogP contribution in [0.3, 0.4) is 0 Å². The highest BCUT2D eigenvalue weighted by Gasteiger charge is 2.05. The van der Waals surface area contributed by atoms with Gasteiger partial charge >= 0.3 is 0 Å². The first-order chi connectivity index (χ1) is 4.57. The second-order valence-electron chi connectivity index (χ2n) is 1.74. The number of carboxylic acid groups (broad SMARTS) is 2. The van der Waals surface area contributed by atoms with E-state index in [-0.39, 0.29) is 0 Å². The molecule has 0 fully saturated rings. The van der Waals surface area contributed by atoms with Crippen LogP contribution >= 0.6 is 0 Å². The van der Waals surface area contributed by atoms with E-state index in [1.165, 1.54) is 7.05 Å². The van der Waals surface area contributed by atoms with Gasteiger partial charge < -0.3 is 25.1 Å². The molecule has 0 rings (SSSR count). The van der Waals surface area contributed by atoms with Crippen LogP contribution in [-0.2, 0) is 9.59 Å². The van der Waals surface area contributed by atoms with Crippen LogP contribution in [0.25, 0.3) is 0 Å². The summed E-state index contributed by atoms with van der Waals surface area (Å²) in [6, 6.07) is -1.16. The van der Waals surface area contributed by atoms with Gasteiger partial charge in [0, 0.05) is 12.4 Å². The fourth-order valence-corrected chi connectivity index (χ4v) is 0.470. The van der Waals surface area contributed by atoms with Crippen LogP contribution in [0.15, 0.2) is 0 Å². The average Bonchev–Trinajstić information content (AvgIpc) is 1.81. The van der Waals surface area contributed by atoms with Gasteiger partial charge in [-0.3, -0.25) is 0 Å². The van der Waals surface area contributed by atoms with Crippen molar-refractivity contribution in [2.24, 2.45) is 0 Å². The number of hydrogen-bond donors (Lipinski definition) is 1. The first-order valence-electron chi connectivity index (χ1n) is 2.66. The molecule has 5 nitrogen and oxygen atoms in total. The van der Waals surface area contributed by atoms with Crippen LogP contribution in [0.1, 0.15) is 6.42 Å². The summed E-state index contributed by atoms with van der Waals surface area (Å²) in [6.45, 7) is 0. The van der Waals surface area contributed by atoms with Crippen molar-refractivity contribution in [2.75, 3.05) is 7.05 Å². The zero-order valence-electron chi connectivity index (χ0n) is 5.42. The molecule has 1 N–H and O–H groups in total. The van der Waals surface area contributed by atoms with E-state index in [1.54, 1.807) is 0 Å². The van der Waals surface area contributed by atoms with Gasteiger partial charge in [0.05, 0.1) is 12.0 Å². The van der Waals surface area contributed by atoms with Crippen molar-refractivity contribution in [3.63, 3.8) is 0 Å². The third-order valence-corrected chi connectivity index (χ3v) is 1.00. The highest BCUT2D eigenvalue weighted by molar-refractivity contribution is 5.78. The largest absolute Gasteiger partial charge is 0.550 e. The number of carbonyl (C=O) groups excluding carboxylic acids is 2. The molecule has 1 atom stereocenters. The molecular weight excluding hydrogens is 138 g/mol. The Labute approximate surface area is 57.7 Å². The van der Waals surface area contributed by atoms with Gasteiger partial charge in [0.25, 0.3) is 0 Å². The molecule has 58 valence electrons. The number of likely N-dealkylation sites (N-methyl/N-ethyl adjacent to an activating group) is 1. The standard InChI is InChI=1S/C5H9NO4/c1-6-3(5(9)10)2-4(7)8/h3,6H,2H2,1H3,(H,7,8)(H,9,10)/p-2/t3-/m1/s1. The molecule has 10 heavy (non-hydrogen) atoms. The van der Waals surface area contributed by atoms with E-state index in [9.17, 15) is 19.8 Å². The Kier molecular flexibility index (Phi) is 3.42. The predicted molar refractivity (Wildman–Crippen MR) is 27.5 cm³/mol. The molecule has 5 heteroatoms. The summed E-state index contributed by atoms with van der Waals surface area (Å²) in [6.07, 6.45) is -0.571. The van der Waals surface area contributed by atoms with E-state index < -0.39 is 24.4 Å². The van der Waals surface area contributed by atoms with E-state index in [2.05, 4.69) is 5.32 Å². The molecular formula is C5H7NO4-2. The predicted octanol–water partition coefficient (Wildman–Crippen LogP) is -3.54. The van der Waals surface area contributed by atoms with E-state index in [4.69, 9.17) is 0 Å². The Morgan fingerprint density at radius 3 is 2.10 bits per heavy atom. The lowest BCUT2D eigenvalue weighted by Gasteiger charge is -2.16. The maximum atomic E-state index is 10.0. The zero-order chi connectivity index (χ0) is 8.15. The van der Waals surface area contributed by atoms with Crippen LogP contribution in [0.5, 0.6) is 0 Å². The summed E-state index contributed by atoms with van der Waals surface area (Å²) in [5.41, 5.74) is 0. The Balaban J connectivity index is 3.83. The number of nitrogens with one attached hydrogen (secondary N) is 1. The zero-order valence-corrected chi connectivity index (χ0v) is 5.42. The van der Waals surface area contributed by atoms with Crippen molar-refractivity contribution in [2.45, 2.75) is 12.5 Å². The molecule has 0 heterocycles. The van der Waals surface area contributed by atoms with Crippen LogP contribution in [0.4, 0.5) is 0 Å². The Bertz CT molecular complexity index is 145. The first kappa shape index (κ1) is 8.90. The lowest BCUT2D eigenvalue weighted by molar-refractivity contribution is -0.317. The molecule has 0 aliphatic carbocycles. The van der Waals surface area contributed by atoms with E-state index in [1.807, 2.05) is 0 Å². The van der Waals surface area contributed by atoms with Crippen LogP contribution in [0.2, 0.25) is 0 Å². The molecule has 0 aromatic heterocycles. The molecule has 0 unspecified atom stereocenters. The molecule has 0 spiro atoms. The van der Waals surface area contributed by atoms with Gasteiger partial charge in [0.15, 0.2) is 0 Å². The van der Waals surface area contributed by atoms with Crippen LogP contribution in [0, 0.1) is 0 Å². The molecule has 0 aromatic rings. The summed E-state index contributed by atoms with van der Waals surface area (Å²) in [4.78, 5) is 19.8. The summed E-state index contributed by atoms with van der Waals surface area (Å²) in [7, 11) is 1.34. The first-order valence-corrected chi connectivity index (χ1v) is 2.66. The van der Waals surface area contributed by atoms with Gasteiger partial charge in [0.2, 0.25) is 0 Å². The second kappa shape index (κ2) is 3.84. The van der Waals surface area contributed by atoms with Crippen molar-refractivity contribution in [3.05, 3.63) is 0 Å². The molecule has 0 saturated carbocycles. The van der Waals surface area contributed by atoms with Crippen molar-refractivity contribution in [3.8, 4) is 0 Å². The van der Waals surface area contributed by atoms with Crippen molar-refractivity contribution < 1.29 is 19.8 Å². The van der Waals surface area contributed by atoms with Crippen LogP contribution in [-0.4, -0.2) is 25.0 Å². The molecule has 0 saturated heterocycles. The maximum absolute atomic E-state index is 10.0. The molecule has 0 amide bonds. The van der Waals surface area contributed by atoms with Gasteiger partial charge in [-0.25, -0.2) is 0 Å². The van der Waals surface area contributed by atoms with Gasteiger partial charge in [0.1, 0.15) is 0 Å². The minimum Gasteiger partial charge on any atom is -0.550 e. The smallest absolute Gasteiger partial charge is 0.0588 e. The van der Waals surface area contributed by atoms with E-state index >= 15 is 0 Å². The highest BCUT2D eigenvalue weighted by atomic mass is 16.4.